The van der Waals surface area contributed by atoms with Crippen LogP contribution in [0.5, 0.6) is 0 Å². The highest BCUT2D eigenvalue weighted by Crippen LogP contribution is 2.13. The molecule has 0 N–H and O–H groups in total. The molecule has 2 aromatic carbocycles. The normalized spacial score (nSPS) is 9.93. The summed E-state index contributed by atoms with van der Waals surface area (Å²) in [6.07, 6.45) is 0. The standard InChI is InChI=1S/C13H8ClO/c14-12-8-6-11(7-9-12)13(15)10-4-2-1-3-5-10/h1-2,4-9H. The van der Waals surface area contributed by atoms with Crippen LogP contribution in [0.25, 0.3) is 0 Å². The van der Waals surface area contributed by atoms with Crippen molar-refractivity contribution >= 4 is 17.4 Å². The average molecular weight is 216 g/mol. The van der Waals surface area contributed by atoms with Crippen molar-refractivity contribution in [2.24, 2.45) is 0 Å². The number of carbonyl (C=O) groups excluding carboxylic acids is 1. The van der Waals surface area contributed by atoms with Gasteiger partial charge in [-0.3, -0.25) is 4.79 Å². The molecule has 15 heavy (non-hydrogen) atoms. The van der Waals surface area contributed by atoms with Crippen molar-refractivity contribution in [1.82, 2.24) is 0 Å². The van der Waals surface area contributed by atoms with E-state index in [-0.39, 0.29) is 5.78 Å². The lowest BCUT2D eigenvalue weighted by Gasteiger charge is -2.00. The van der Waals surface area contributed by atoms with Gasteiger partial charge in [0.2, 0.25) is 0 Å². The van der Waals surface area contributed by atoms with Gasteiger partial charge in [0.1, 0.15) is 0 Å². The molecule has 0 aliphatic heterocycles. The topological polar surface area (TPSA) is 17.1 Å². The zero-order chi connectivity index (χ0) is 10.7. The van der Waals surface area contributed by atoms with Gasteiger partial charge in [-0.05, 0) is 36.4 Å². The summed E-state index contributed by atoms with van der Waals surface area (Å²) < 4.78 is 0. The van der Waals surface area contributed by atoms with Crippen LogP contribution < -0.4 is 0 Å². The molecule has 1 radical (unpaired) electrons. The van der Waals surface area contributed by atoms with Crippen molar-refractivity contribution in [2.45, 2.75) is 0 Å². The second-order valence-corrected chi connectivity index (χ2v) is 3.56. The molecule has 0 fully saturated rings. The van der Waals surface area contributed by atoms with E-state index in [9.17, 15) is 4.79 Å². The Bertz CT molecular complexity index is 460. The van der Waals surface area contributed by atoms with Gasteiger partial charge < -0.3 is 0 Å². The lowest BCUT2D eigenvalue weighted by atomic mass is 10.0. The van der Waals surface area contributed by atoms with E-state index in [1.165, 1.54) is 0 Å². The van der Waals surface area contributed by atoms with Crippen LogP contribution in [0.1, 0.15) is 15.9 Å². The van der Waals surface area contributed by atoms with Crippen LogP contribution >= 0.6 is 11.6 Å². The van der Waals surface area contributed by atoms with Crippen molar-refractivity contribution in [3.63, 3.8) is 0 Å². The number of hydrogen-bond acceptors (Lipinski definition) is 1. The smallest absolute Gasteiger partial charge is 0.193 e. The molecular weight excluding hydrogens is 208 g/mol. The maximum absolute atomic E-state index is 11.9. The summed E-state index contributed by atoms with van der Waals surface area (Å²) in [5, 5.41) is 0.631. The molecule has 0 spiro atoms. The van der Waals surface area contributed by atoms with Gasteiger partial charge in [-0.2, -0.15) is 0 Å². The summed E-state index contributed by atoms with van der Waals surface area (Å²) >= 11 is 5.74. The molecule has 1 nitrogen and oxygen atoms in total. The van der Waals surface area contributed by atoms with E-state index in [0.717, 1.165) is 0 Å². The fourth-order valence-electron chi connectivity index (χ4n) is 1.30. The van der Waals surface area contributed by atoms with Gasteiger partial charge in [0.15, 0.2) is 5.78 Å². The molecule has 0 heterocycles. The lowest BCUT2D eigenvalue weighted by molar-refractivity contribution is 0.103. The van der Waals surface area contributed by atoms with E-state index in [2.05, 4.69) is 6.07 Å². The van der Waals surface area contributed by atoms with E-state index in [1.54, 1.807) is 48.5 Å². The van der Waals surface area contributed by atoms with Crippen LogP contribution in [0.2, 0.25) is 5.02 Å². The highest BCUT2D eigenvalue weighted by molar-refractivity contribution is 6.30. The summed E-state index contributed by atoms with van der Waals surface area (Å²) in [7, 11) is 0. The van der Waals surface area contributed by atoms with Crippen molar-refractivity contribution in [3.05, 3.63) is 70.7 Å². The highest BCUT2D eigenvalue weighted by Gasteiger charge is 2.07. The molecule has 0 aliphatic rings. The monoisotopic (exact) mass is 215 g/mol. The van der Waals surface area contributed by atoms with Crippen molar-refractivity contribution in [1.29, 1.82) is 0 Å². The van der Waals surface area contributed by atoms with E-state index >= 15 is 0 Å². The molecule has 0 atom stereocenters. The molecule has 2 rings (SSSR count). The van der Waals surface area contributed by atoms with Gasteiger partial charge in [0, 0.05) is 16.1 Å². The minimum atomic E-state index is -0.0106. The van der Waals surface area contributed by atoms with E-state index in [1.807, 2.05) is 0 Å². The number of ketones is 1. The predicted molar refractivity (Wildman–Crippen MR) is 60.2 cm³/mol. The number of rotatable bonds is 2. The van der Waals surface area contributed by atoms with Gasteiger partial charge in [-0.15, -0.1) is 0 Å². The Balaban J connectivity index is 2.33. The Hall–Kier alpha value is -1.60. The summed E-state index contributed by atoms with van der Waals surface area (Å²) in [6, 6.07) is 16.7. The van der Waals surface area contributed by atoms with Gasteiger partial charge in [-0.25, -0.2) is 0 Å². The molecule has 73 valence electrons. The SMILES string of the molecule is O=C(c1c[c]ccc1)c1ccc(Cl)cc1. The largest absolute Gasteiger partial charge is 0.289 e. The highest BCUT2D eigenvalue weighted by atomic mass is 35.5. The number of hydrogen-bond donors (Lipinski definition) is 0. The first-order valence-corrected chi connectivity index (χ1v) is 4.91. The third kappa shape index (κ3) is 2.25. The second-order valence-electron chi connectivity index (χ2n) is 3.13. The lowest BCUT2D eigenvalue weighted by Crippen LogP contribution is -2.00. The molecule has 0 bridgehead atoms. The van der Waals surface area contributed by atoms with Crippen LogP contribution in [-0.2, 0) is 0 Å². The Kier molecular flexibility index (Phi) is 2.84. The Labute approximate surface area is 93.3 Å². The van der Waals surface area contributed by atoms with E-state index < -0.39 is 0 Å². The Morgan fingerprint density at radius 3 is 2.40 bits per heavy atom. The van der Waals surface area contributed by atoms with Gasteiger partial charge in [-0.1, -0.05) is 29.8 Å². The number of carbonyl (C=O) groups is 1. The van der Waals surface area contributed by atoms with Crippen molar-refractivity contribution in [2.75, 3.05) is 0 Å². The fraction of sp³-hybridized carbons (Fsp3) is 0. The summed E-state index contributed by atoms with van der Waals surface area (Å²) in [4.78, 5) is 11.9. The maximum Gasteiger partial charge on any atom is 0.193 e. The molecule has 0 aromatic heterocycles. The maximum atomic E-state index is 11.9. The fourth-order valence-corrected chi connectivity index (χ4v) is 1.43. The van der Waals surface area contributed by atoms with Crippen LogP contribution in [0, 0.1) is 6.07 Å². The Morgan fingerprint density at radius 2 is 1.80 bits per heavy atom. The first kappa shape index (κ1) is 9.94. The zero-order valence-corrected chi connectivity index (χ0v) is 8.66. The third-order valence-corrected chi connectivity index (χ3v) is 2.33. The first-order chi connectivity index (χ1) is 7.27. The first-order valence-electron chi connectivity index (χ1n) is 4.54. The molecule has 2 heteroatoms. The molecule has 0 aliphatic carbocycles. The quantitative estimate of drug-likeness (QED) is 0.702. The molecule has 0 unspecified atom stereocenters. The van der Waals surface area contributed by atoms with Crippen LogP contribution in [0.3, 0.4) is 0 Å². The molecule has 2 aromatic rings. The summed E-state index contributed by atoms with van der Waals surface area (Å²) in [6.45, 7) is 0. The Morgan fingerprint density at radius 1 is 1.07 bits per heavy atom. The minimum Gasteiger partial charge on any atom is -0.289 e. The number of halogens is 1. The van der Waals surface area contributed by atoms with Gasteiger partial charge in [0.25, 0.3) is 0 Å². The van der Waals surface area contributed by atoms with E-state index in [4.69, 9.17) is 11.6 Å². The van der Waals surface area contributed by atoms with Crippen molar-refractivity contribution in [3.8, 4) is 0 Å². The molecule has 0 saturated heterocycles. The van der Waals surface area contributed by atoms with Gasteiger partial charge >= 0.3 is 0 Å². The molecule has 0 saturated carbocycles. The predicted octanol–water partition coefficient (Wildman–Crippen LogP) is 3.37. The molecular formula is C13H8ClO. The van der Waals surface area contributed by atoms with Crippen LogP contribution in [0.15, 0.2) is 48.5 Å². The minimum absolute atomic E-state index is 0.0106. The third-order valence-electron chi connectivity index (χ3n) is 2.08. The van der Waals surface area contributed by atoms with Crippen molar-refractivity contribution < 1.29 is 4.79 Å². The second kappa shape index (κ2) is 4.28. The zero-order valence-electron chi connectivity index (χ0n) is 7.91. The molecule has 0 amide bonds. The van der Waals surface area contributed by atoms with Gasteiger partial charge in [0.05, 0.1) is 0 Å². The average Bonchev–Trinajstić information content (AvgIpc) is 2.30. The van der Waals surface area contributed by atoms with Crippen LogP contribution in [-0.4, -0.2) is 5.78 Å². The van der Waals surface area contributed by atoms with Crippen LogP contribution in [0.4, 0.5) is 0 Å². The number of benzene rings is 2. The summed E-state index contributed by atoms with van der Waals surface area (Å²) in [5.74, 6) is -0.0106. The summed E-state index contributed by atoms with van der Waals surface area (Å²) in [5.41, 5.74) is 1.28. The van der Waals surface area contributed by atoms with E-state index in [0.29, 0.717) is 16.1 Å².